The molecule has 5 heteroatoms. The molecule has 1 atom stereocenters. The fourth-order valence-corrected chi connectivity index (χ4v) is 0.660. The zero-order valence-electron chi connectivity index (χ0n) is 7.71. The van der Waals surface area contributed by atoms with Crippen molar-refractivity contribution in [3.05, 3.63) is 0 Å². The molecule has 1 unspecified atom stereocenters. The van der Waals surface area contributed by atoms with Gasteiger partial charge in [-0.2, -0.15) is 0 Å². The number of alkyl halides is 1. The molecule has 13 heavy (non-hydrogen) atoms. The highest BCUT2D eigenvalue weighted by Gasteiger charge is 2.15. The van der Waals surface area contributed by atoms with Crippen LogP contribution in [0, 0.1) is 0 Å². The molecule has 4 nitrogen and oxygen atoms in total. The maximum Gasteiger partial charge on any atom is 0.319 e. The molecule has 0 radical (unpaired) electrons. The van der Waals surface area contributed by atoms with Gasteiger partial charge in [-0.1, -0.05) is 6.92 Å². The second kappa shape index (κ2) is 6.39. The summed E-state index contributed by atoms with van der Waals surface area (Å²) < 4.78 is 21.1. The van der Waals surface area contributed by atoms with Gasteiger partial charge < -0.3 is 9.47 Å². The SMILES string of the molecule is CCCC(F)OC(=O)CC(=O)OC. The Bertz CT molecular complexity index is 181. The number of rotatable bonds is 5. The lowest BCUT2D eigenvalue weighted by atomic mass is 10.3. The number of carbonyl (C=O) groups excluding carboxylic acids is 2. The van der Waals surface area contributed by atoms with E-state index >= 15 is 0 Å². The van der Waals surface area contributed by atoms with Crippen LogP contribution >= 0.6 is 0 Å². The first-order valence-corrected chi connectivity index (χ1v) is 4.00. The first-order chi connectivity index (χ1) is 6.10. The minimum absolute atomic E-state index is 0.146. The first kappa shape index (κ1) is 11.9. The highest BCUT2D eigenvalue weighted by Crippen LogP contribution is 2.04. The Morgan fingerprint density at radius 1 is 1.38 bits per heavy atom. The second-order valence-corrected chi connectivity index (χ2v) is 2.44. The average molecular weight is 192 g/mol. The van der Waals surface area contributed by atoms with Crippen LogP contribution in [0.25, 0.3) is 0 Å². The van der Waals surface area contributed by atoms with Crippen molar-refractivity contribution in [2.45, 2.75) is 32.5 Å². The topological polar surface area (TPSA) is 52.6 Å². The molecule has 0 saturated heterocycles. The van der Waals surface area contributed by atoms with Crippen LogP contribution in [0.5, 0.6) is 0 Å². The fraction of sp³-hybridized carbons (Fsp3) is 0.750. The van der Waals surface area contributed by atoms with Crippen molar-refractivity contribution in [3.8, 4) is 0 Å². The second-order valence-electron chi connectivity index (χ2n) is 2.44. The van der Waals surface area contributed by atoms with Gasteiger partial charge in [0.2, 0.25) is 6.36 Å². The summed E-state index contributed by atoms with van der Waals surface area (Å²) in [6.07, 6.45) is -1.44. The Labute approximate surface area is 76.0 Å². The molecular formula is C8H13FO4. The Balaban J connectivity index is 3.67. The largest absolute Gasteiger partial charge is 0.469 e. The third-order valence-electron chi connectivity index (χ3n) is 1.29. The van der Waals surface area contributed by atoms with Crippen molar-refractivity contribution >= 4 is 11.9 Å². The summed E-state index contributed by atoms with van der Waals surface area (Å²) >= 11 is 0. The van der Waals surface area contributed by atoms with Gasteiger partial charge in [0.25, 0.3) is 0 Å². The molecule has 0 N–H and O–H groups in total. The summed E-state index contributed by atoms with van der Waals surface area (Å²) in [7, 11) is 1.15. The number of esters is 2. The number of hydrogen-bond acceptors (Lipinski definition) is 4. The van der Waals surface area contributed by atoms with Crippen molar-refractivity contribution in [1.29, 1.82) is 0 Å². The van der Waals surface area contributed by atoms with E-state index in [-0.39, 0.29) is 6.42 Å². The summed E-state index contributed by atoms with van der Waals surface area (Å²) in [5.41, 5.74) is 0. The van der Waals surface area contributed by atoms with Crippen molar-refractivity contribution in [2.75, 3.05) is 7.11 Å². The Morgan fingerprint density at radius 2 is 2.00 bits per heavy atom. The lowest BCUT2D eigenvalue weighted by Crippen LogP contribution is -2.17. The number of methoxy groups -OCH3 is 1. The summed E-state index contributed by atoms with van der Waals surface area (Å²) in [6.45, 7) is 1.76. The van der Waals surface area contributed by atoms with E-state index in [1.807, 2.05) is 0 Å². The third kappa shape index (κ3) is 6.07. The van der Waals surface area contributed by atoms with Crippen LogP contribution in [-0.4, -0.2) is 25.4 Å². The molecule has 0 spiro atoms. The lowest BCUT2D eigenvalue weighted by Gasteiger charge is -2.07. The highest BCUT2D eigenvalue weighted by molar-refractivity contribution is 5.91. The van der Waals surface area contributed by atoms with Gasteiger partial charge >= 0.3 is 11.9 Å². The van der Waals surface area contributed by atoms with E-state index < -0.39 is 24.7 Å². The van der Waals surface area contributed by atoms with Crippen LogP contribution in [0.4, 0.5) is 4.39 Å². The average Bonchev–Trinajstić information content (AvgIpc) is 2.04. The summed E-state index contributed by atoms with van der Waals surface area (Å²) in [6, 6.07) is 0. The van der Waals surface area contributed by atoms with Crippen LogP contribution in [0.2, 0.25) is 0 Å². The van der Waals surface area contributed by atoms with E-state index in [0.29, 0.717) is 6.42 Å². The monoisotopic (exact) mass is 192 g/mol. The van der Waals surface area contributed by atoms with E-state index in [1.54, 1.807) is 6.92 Å². The van der Waals surface area contributed by atoms with Gasteiger partial charge in [-0.25, -0.2) is 4.39 Å². The van der Waals surface area contributed by atoms with Crippen LogP contribution < -0.4 is 0 Å². The molecule has 0 aromatic carbocycles. The van der Waals surface area contributed by atoms with E-state index in [9.17, 15) is 14.0 Å². The van der Waals surface area contributed by atoms with E-state index in [2.05, 4.69) is 9.47 Å². The van der Waals surface area contributed by atoms with E-state index in [0.717, 1.165) is 7.11 Å². The zero-order chi connectivity index (χ0) is 10.3. The number of carbonyl (C=O) groups is 2. The van der Waals surface area contributed by atoms with E-state index in [4.69, 9.17) is 0 Å². The summed E-state index contributed by atoms with van der Waals surface area (Å²) in [5.74, 6) is -1.62. The zero-order valence-corrected chi connectivity index (χ0v) is 7.71. The predicted octanol–water partition coefficient (Wildman–Crippen LogP) is 1.19. The van der Waals surface area contributed by atoms with Gasteiger partial charge in [0.05, 0.1) is 7.11 Å². The normalized spacial score (nSPS) is 11.9. The van der Waals surface area contributed by atoms with Crippen molar-refractivity contribution in [2.24, 2.45) is 0 Å². The molecule has 0 rings (SSSR count). The van der Waals surface area contributed by atoms with Gasteiger partial charge in [0.15, 0.2) is 0 Å². The number of halogens is 1. The van der Waals surface area contributed by atoms with Crippen LogP contribution in [0.3, 0.4) is 0 Å². The number of hydrogen-bond donors (Lipinski definition) is 0. The summed E-state index contributed by atoms with van der Waals surface area (Å²) in [5, 5.41) is 0. The van der Waals surface area contributed by atoms with Gasteiger partial charge in [-0.15, -0.1) is 0 Å². The van der Waals surface area contributed by atoms with Crippen LogP contribution in [-0.2, 0) is 19.1 Å². The molecule has 0 fully saturated rings. The minimum atomic E-state index is -1.62. The molecule has 0 saturated carbocycles. The fourth-order valence-electron chi connectivity index (χ4n) is 0.660. The Hall–Kier alpha value is -1.13. The lowest BCUT2D eigenvalue weighted by molar-refractivity contribution is -0.163. The van der Waals surface area contributed by atoms with Gasteiger partial charge in [0.1, 0.15) is 6.42 Å². The molecular weight excluding hydrogens is 179 g/mol. The molecule has 0 aliphatic carbocycles. The Kier molecular flexibility index (Phi) is 5.84. The first-order valence-electron chi connectivity index (χ1n) is 4.00. The molecule has 0 aliphatic heterocycles. The van der Waals surface area contributed by atoms with Crippen molar-refractivity contribution in [3.63, 3.8) is 0 Å². The van der Waals surface area contributed by atoms with Gasteiger partial charge in [-0.05, 0) is 6.42 Å². The minimum Gasteiger partial charge on any atom is -0.469 e. The predicted molar refractivity (Wildman–Crippen MR) is 42.5 cm³/mol. The summed E-state index contributed by atoms with van der Waals surface area (Å²) in [4.78, 5) is 21.3. The maximum atomic E-state index is 12.6. The van der Waals surface area contributed by atoms with Gasteiger partial charge in [-0.3, -0.25) is 9.59 Å². The molecule has 0 aromatic heterocycles. The maximum absolute atomic E-state index is 12.6. The molecule has 76 valence electrons. The molecule has 0 heterocycles. The standard InChI is InChI=1S/C8H13FO4/c1-3-4-6(9)13-8(11)5-7(10)12-2/h6H,3-5H2,1-2H3. The Morgan fingerprint density at radius 3 is 2.46 bits per heavy atom. The van der Waals surface area contributed by atoms with Crippen LogP contribution in [0.1, 0.15) is 26.2 Å². The van der Waals surface area contributed by atoms with Crippen molar-refractivity contribution in [1.82, 2.24) is 0 Å². The highest BCUT2D eigenvalue weighted by atomic mass is 19.1. The third-order valence-corrected chi connectivity index (χ3v) is 1.29. The molecule has 0 aliphatic rings. The van der Waals surface area contributed by atoms with Gasteiger partial charge in [0, 0.05) is 6.42 Å². The van der Waals surface area contributed by atoms with E-state index in [1.165, 1.54) is 0 Å². The smallest absolute Gasteiger partial charge is 0.319 e. The molecule has 0 bridgehead atoms. The molecule has 0 amide bonds. The number of ether oxygens (including phenoxy) is 2. The van der Waals surface area contributed by atoms with Crippen molar-refractivity contribution < 1.29 is 23.5 Å². The molecule has 0 aromatic rings. The van der Waals surface area contributed by atoms with Crippen LogP contribution in [0.15, 0.2) is 0 Å². The quantitative estimate of drug-likeness (QED) is 0.485.